The van der Waals surface area contributed by atoms with Crippen LogP contribution in [0.25, 0.3) is 0 Å². The molecule has 88 valence electrons. The summed E-state index contributed by atoms with van der Waals surface area (Å²) in [5.74, 6) is 0.354. The van der Waals surface area contributed by atoms with E-state index in [1.54, 1.807) is 6.07 Å². The molecule has 0 spiro atoms. The number of nitrogens with zero attached hydrogens (tertiary/aromatic N) is 1. The number of aliphatic imine (C=N–C) groups is 1. The van der Waals surface area contributed by atoms with Gasteiger partial charge in [0.1, 0.15) is 0 Å². The van der Waals surface area contributed by atoms with Gasteiger partial charge in [0.05, 0.1) is 16.2 Å². The lowest BCUT2D eigenvalue weighted by atomic mass is 10.1. The summed E-state index contributed by atoms with van der Waals surface area (Å²) in [6, 6.07) is 5.51. The zero-order chi connectivity index (χ0) is 12.3. The number of nitrogens with one attached hydrogen (secondary N) is 1. The van der Waals surface area contributed by atoms with Gasteiger partial charge in [-0.2, -0.15) is 0 Å². The minimum atomic E-state index is -0.213. The normalized spacial score (nSPS) is 12.7. The second-order valence-corrected chi connectivity index (χ2v) is 5.74. The number of anilines is 1. The molecular formula is C11H15BrClN3. The van der Waals surface area contributed by atoms with Crippen LogP contribution in [0.3, 0.4) is 0 Å². The van der Waals surface area contributed by atoms with Crippen LogP contribution in [-0.4, -0.2) is 11.5 Å². The van der Waals surface area contributed by atoms with Crippen molar-refractivity contribution in [3.05, 3.63) is 27.7 Å². The van der Waals surface area contributed by atoms with Crippen LogP contribution in [-0.2, 0) is 0 Å². The maximum Gasteiger partial charge on any atom is 0.193 e. The average molecular weight is 305 g/mol. The summed E-state index contributed by atoms with van der Waals surface area (Å²) in [5.41, 5.74) is 6.30. The number of nitrogens with two attached hydrogens (primary N) is 1. The monoisotopic (exact) mass is 303 g/mol. The first-order valence-corrected chi connectivity index (χ1v) is 6.02. The van der Waals surface area contributed by atoms with Crippen molar-refractivity contribution in [2.75, 3.05) is 5.32 Å². The molecule has 5 heteroatoms. The van der Waals surface area contributed by atoms with E-state index in [9.17, 15) is 0 Å². The Bertz CT molecular complexity index is 410. The van der Waals surface area contributed by atoms with Crippen LogP contribution in [0.4, 0.5) is 5.69 Å². The van der Waals surface area contributed by atoms with E-state index >= 15 is 0 Å². The van der Waals surface area contributed by atoms with Crippen molar-refractivity contribution in [3.63, 3.8) is 0 Å². The lowest BCUT2D eigenvalue weighted by molar-refractivity contribution is 0.583. The van der Waals surface area contributed by atoms with Crippen LogP contribution in [0, 0.1) is 0 Å². The fraction of sp³-hybridized carbons (Fsp3) is 0.364. The lowest BCUT2D eigenvalue weighted by Crippen LogP contribution is -2.27. The Morgan fingerprint density at radius 3 is 2.62 bits per heavy atom. The van der Waals surface area contributed by atoms with Crippen LogP contribution >= 0.6 is 27.5 Å². The first-order valence-electron chi connectivity index (χ1n) is 4.85. The molecule has 0 aliphatic heterocycles. The predicted octanol–water partition coefficient (Wildman–Crippen LogP) is 3.63. The number of hydrogen-bond acceptors (Lipinski definition) is 1. The summed E-state index contributed by atoms with van der Waals surface area (Å²) < 4.78 is 0.933. The van der Waals surface area contributed by atoms with E-state index in [-0.39, 0.29) is 5.54 Å². The number of hydrogen-bond donors (Lipinski definition) is 2. The van der Waals surface area contributed by atoms with Crippen LogP contribution < -0.4 is 11.1 Å². The number of rotatable bonds is 1. The SMILES string of the molecule is CC(C)(C)N=C(N)Nc1cc(Br)ccc1Cl. The molecule has 0 saturated carbocycles. The zero-order valence-corrected chi connectivity index (χ0v) is 11.9. The van der Waals surface area contributed by atoms with Crippen molar-refractivity contribution in [1.82, 2.24) is 0 Å². The third kappa shape index (κ3) is 4.41. The molecule has 0 amide bonds. The molecule has 0 aliphatic rings. The lowest BCUT2D eigenvalue weighted by Gasteiger charge is -2.15. The molecule has 0 saturated heterocycles. The highest BCUT2D eigenvalue weighted by Crippen LogP contribution is 2.25. The van der Waals surface area contributed by atoms with E-state index in [1.165, 1.54) is 0 Å². The van der Waals surface area contributed by atoms with Crippen molar-refractivity contribution >= 4 is 39.2 Å². The predicted molar refractivity (Wildman–Crippen MR) is 74.2 cm³/mol. The maximum absolute atomic E-state index is 6.02. The van der Waals surface area contributed by atoms with E-state index in [1.807, 2.05) is 32.9 Å². The van der Waals surface area contributed by atoms with Crippen molar-refractivity contribution < 1.29 is 0 Å². The smallest absolute Gasteiger partial charge is 0.193 e. The Kier molecular flexibility index (Phi) is 4.21. The van der Waals surface area contributed by atoms with E-state index in [4.69, 9.17) is 17.3 Å². The molecule has 3 N–H and O–H groups in total. The van der Waals surface area contributed by atoms with E-state index < -0.39 is 0 Å². The van der Waals surface area contributed by atoms with Gasteiger partial charge in [-0.3, -0.25) is 0 Å². The van der Waals surface area contributed by atoms with Crippen LogP contribution in [0.5, 0.6) is 0 Å². The number of halogens is 2. The minimum absolute atomic E-state index is 0.213. The summed E-state index contributed by atoms with van der Waals surface area (Å²) in [7, 11) is 0. The first kappa shape index (κ1) is 13.3. The third-order valence-electron chi connectivity index (χ3n) is 1.65. The summed E-state index contributed by atoms with van der Waals surface area (Å²) >= 11 is 9.39. The van der Waals surface area contributed by atoms with Gasteiger partial charge in [0.15, 0.2) is 5.96 Å². The summed E-state index contributed by atoms with van der Waals surface area (Å²) in [6.45, 7) is 5.93. The van der Waals surface area contributed by atoms with Gasteiger partial charge in [0.2, 0.25) is 0 Å². The second kappa shape index (κ2) is 5.06. The summed E-state index contributed by atoms with van der Waals surface area (Å²) in [6.07, 6.45) is 0. The number of benzene rings is 1. The molecule has 1 rings (SSSR count). The third-order valence-corrected chi connectivity index (χ3v) is 2.47. The van der Waals surface area contributed by atoms with E-state index in [2.05, 4.69) is 26.2 Å². The van der Waals surface area contributed by atoms with Crippen molar-refractivity contribution in [2.45, 2.75) is 26.3 Å². The van der Waals surface area contributed by atoms with Gasteiger partial charge in [0.25, 0.3) is 0 Å². The van der Waals surface area contributed by atoms with Gasteiger partial charge < -0.3 is 11.1 Å². The Labute approximate surface area is 109 Å². The van der Waals surface area contributed by atoms with Gasteiger partial charge in [-0.1, -0.05) is 27.5 Å². The molecule has 3 nitrogen and oxygen atoms in total. The molecule has 0 heterocycles. The van der Waals surface area contributed by atoms with Gasteiger partial charge >= 0.3 is 0 Å². The molecular weight excluding hydrogens is 289 g/mol. The molecule has 0 aliphatic carbocycles. The van der Waals surface area contributed by atoms with Crippen molar-refractivity contribution in [1.29, 1.82) is 0 Å². The molecule has 16 heavy (non-hydrogen) atoms. The van der Waals surface area contributed by atoms with Gasteiger partial charge in [-0.05, 0) is 39.0 Å². The molecule has 0 fully saturated rings. The average Bonchev–Trinajstić information content (AvgIpc) is 2.08. The van der Waals surface area contributed by atoms with Crippen LogP contribution in [0.1, 0.15) is 20.8 Å². The van der Waals surface area contributed by atoms with Crippen molar-refractivity contribution in [3.8, 4) is 0 Å². The van der Waals surface area contributed by atoms with E-state index in [0.717, 1.165) is 10.2 Å². The summed E-state index contributed by atoms with van der Waals surface area (Å²) in [5, 5.41) is 3.58. The molecule has 0 aromatic heterocycles. The van der Waals surface area contributed by atoms with Gasteiger partial charge in [0, 0.05) is 4.47 Å². The standard InChI is InChI=1S/C11H15BrClN3/c1-11(2,3)16-10(14)15-9-6-7(12)4-5-8(9)13/h4-6H,1-3H3,(H3,14,15,16). The number of guanidine groups is 1. The fourth-order valence-corrected chi connectivity index (χ4v) is 1.65. The van der Waals surface area contributed by atoms with Crippen LogP contribution in [0.2, 0.25) is 5.02 Å². The van der Waals surface area contributed by atoms with Gasteiger partial charge in [-0.25, -0.2) is 4.99 Å². The Hall–Kier alpha value is -0.740. The Morgan fingerprint density at radius 2 is 2.06 bits per heavy atom. The quantitative estimate of drug-likeness (QED) is 0.615. The highest BCUT2D eigenvalue weighted by molar-refractivity contribution is 9.10. The molecule has 0 atom stereocenters. The van der Waals surface area contributed by atoms with Gasteiger partial charge in [-0.15, -0.1) is 0 Å². The molecule has 0 unspecified atom stereocenters. The van der Waals surface area contributed by atoms with Crippen molar-refractivity contribution in [2.24, 2.45) is 10.7 Å². The summed E-state index contributed by atoms with van der Waals surface area (Å²) in [4.78, 5) is 4.28. The highest BCUT2D eigenvalue weighted by atomic mass is 79.9. The Balaban J connectivity index is 2.89. The molecule has 0 radical (unpaired) electrons. The minimum Gasteiger partial charge on any atom is -0.370 e. The zero-order valence-electron chi connectivity index (χ0n) is 9.51. The van der Waals surface area contributed by atoms with E-state index in [0.29, 0.717) is 11.0 Å². The first-order chi connectivity index (χ1) is 7.28. The molecule has 1 aromatic carbocycles. The highest BCUT2D eigenvalue weighted by Gasteiger charge is 2.09. The van der Waals surface area contributed by atoms with Crippen LogP contribution in [0.15, 0.2) is 27.7 Å². The molecule has 0 bridgehead atoms. The molecule has 1 aromatic rings. The maximum atomic E-state index is 6.02. The fourth-order valence-electron chi connectivity index (χ4n) is 1.12. The second-order valence-electron chi connectivity index (χ2n) is 4.42. The Morgan fingerprint density at radius 1 is 1.44 bits per heavy atom. The topological polar surface area (TPSA) is 50.4 Å². The largest absolute Gasteiger partial charge is 0.370 e.